The Labute approximate surface area is 262 Å². The van der Waals surface area contributed by atoms with Crippen LogP contribution in [0.1, 0.15) is 102 Å². The van der Waals surface area contributed by atoms with Gasteiger partial charge in [-0.15, -0.1) is 0 Å². The number of benzene rings is 3. The van der Waals surface area contributed by atoms with Gasteiger partial charge in [-0.2, -0.15) is 0 Å². The van der Waals surface area contributed by atoms with E-state index < -0.39 is 10.9 Å². The fourth-order valence-electron chi connectivity index (χ4n) is 4.75. The summed E-state index contributed by atoms with van der Waals surface area (Å²) in [6.45, 7) is 6.95. The third-order valence-electron chi connectivity index (χ3n) is 7.36. The monoisotopic (exact) mass is 601 g/mol. The average Bonchev–Trinajstić information content (AvgIpc) is 3.03. The lowest BCUT2D eigenvalue weighted by atomic mass is 10.0. The zero-order valence-corrected chi connectivity index (χ0v) is 26.5. The smallest absolute Gasteiger partial charge is 0.343 e. The molecule has 1 atom stereocenters. The van der Waals surface area contributed by atoms with Crippen molar-refractivity contribution in [3.05, 3.63) is 94.6 Å². The fourth-order valence-corrected chi connectivity index (χ4v) is 4.75. The minimum absolute atomic E-state index is 0.0687. The average molecular weight is 602 g/mol. The van der Waals surface area contributed by atoms with Crippen molar-refractivity contribution in [2.75, 3.05) is 6.61 Å². The van der Waals surface area contributed by atoms with E-state index in [2.05, 4.69) is 26.0 Å². The van der Waals surface area contributed by atoms with E-state index in [-0.39, 0.29) is 17.5 Å². The molecule has 0 amide bonds. The number of nitro benzene ring substituents is 1. The molecule has 0 N–H and O–H groups in total. The van der Waals surface area contributed by atoms with Crippen LogP contribution >= 0.6 is 0 Å². The van der Waals surface area contributed by atoms with E-state index in [9.17, 15) is 14.9 Å². The molecule has 0 aliphatic rings. The Hall–Kier alpha value is -4.13. The maximum absolute atomic E-state index is 12.7. The van der Waals surface area contributed by atoms with Gasteiger partial charge in [-0.25, -0.2) is 4.79 Å². The summed E-state index contributed by atoms with van der Waals surface area (Å²) >= 11 is 0. The van der Waals surface area contributed by atoms with Gasteiger partial charge in [0.05, 0.1) is 23.2 Å². The van der Waals surface area contributed by atoms with Crippen LogP contribution in [0.25, 0.3) is 11.1 Å². The summed E-state index contributed by atoms with van der Waals surface area (Å²) in [5, 5.41) is 11.8. The zero-order valence-electron chi connectivity index (χ0n) is 26.5. The summed E-state index contributed by atoms with van der Waals surface area (Å²) in [5.41, 5.74) is 1.79. The van der Waals surface area contributed by atoms with E-state index in [1.54, 1.807) is 54.6 Å². The number of hydrogen-bond donors (Lipinski definition) is 0. The third kappa shape index (κ3) is 11.9. The molecule has 0 heterocycles. The van der Waals surface area contributed by atoms with Crippen LogP contribution < -0.4 is 14.2 Å². The van der Waals surface area contributed by atoms with Crippen LogP contribution in [0, 0.1) is 10.1 Å². The summed E-state index contributed by atoms with van der Waals surface area (Å²) in [4.78, 5) is 24.1. The minimum Gasteiger partial charge on any atom is -0.494 e. The summed E-state index contributed by atoms with van der Waals surface area (Å²) < 4.78 is 17.3. The van der Waals surface area contributed by atoms with Gasteiger partial charge >= 0.3 is 11.7 Å². The Balaban J connectivity index is 1.50. The Bertz CT molecular complexity index is 1320. The first-order valence-electron chi connectivity index (χ1n) is 16.1. The second kappa shape index (κ2) is 19.2. The molecule has 0 radical (unpaired) electrons. The molecule has 0 aromatic heterocycles. The highest BCUT2D eigenvalue weighted by atomic mass is 16.6. The molecule has 0 unspecified atom stereocenters. The van der Waals surface area contributed by atoms with Gasteiger partial charge in [-0.1, -0.05) is 76.3 Å². The first-order chi connectivity index (χ1) is 21.4. The van der Waals surface area contributed by atoms with Crippen LogP contribution in [0.5, 0.6) is 17.2 Å². The lowest BCUT2D eigenvalue weighted by Crippen LogP contribution is -2.12. The van der Waals surface area contributed by atoms with E-state index in [0.717, 1.165) is 62.7 Å². The Morgan fingerprint density at radius 1 is 0.795 bits per heavy atom. The van der Waals surface area contributed by atoms with Gasteiger partial charge < -0.3 is 14.2 Å². The highest BCUT2D eigenvalue weighted by Gasteiger charge is 2.19. The molecule has 44 heavy (non-hydrogen) atoms. The molecule has 236 valence electrons. The van der Waals surface area contributed by atoms with Crippen LogP contribution in [0.4, 0.5) is 5.69 Å². The van der Waals surface area contributed by atoms with E-state index in [0.29, 0.717) is 23.5 Å². The first kappa shape index (κ1) is 34.4. The summed E-state index contributed by atoms with van der Waals surface area (Å²) in [6, 6.07) is 18.8. The van der Waals surface area contributed by atoms with Gasteiger partial charge in [0.2, 0.25) is 0 Å². The maximum atomic E-state index is 12.7. The quantitative estimate of drug-likeness (QED) is 0.0320. The Kier molecular flexibility index (Phi) is 15.0. The number of carbonyl (C=O) groups excluding carboxylic acids is 1. The van der Waals surface area contributed by atoms with Crippen molar-refractivity contribution >= 4 is 11.7 Å². The van der Waals surface area contributed by atoms with Crippen molar-refractivity contribution in [1.29, 1.82) is 0 Å². The summed E-state index contributed by atoms with van der Waals surface area (Å²) in [5.74, 6) is 0.903. The van der Waals surface area contributed by atoms with Crippen LogP contribution in [-0.4, -0.2) is 23.6 Å². The van der Waals surface area contributed by atoms with Crippen molar-refractivity contribution < 1.29 is 23.9 Å². The number of hydrogen-bond acceptors (Lipinski definition) is 6. The maximum Gasteiger partial charge on any atom is 0.343 e. The fraction of sp³-hybridized carbons (Fsp3) is 0.432. The van der Waals surface area contributed by atoms with E-state index >= 15 is 0 Å². The van der Waals surface area contributed by atoms with E-state index in [1.165, 1.54) is 25.3 Å². The molecule has 0 bridgehead atoms. The predicted octanol–water partition coefficient (Wildman–Crippen LogP) is 10.5. The largest absolute Gasteiger partial charge is 0.494 e. The number of nitro groups is 1. The number of allylic oxidation sites excluding steroid dienone is 2. The number of nitrogens with zero attached hydrogens (tertiary/aromatic N) is 1. The van der Waals surface area contributed by atoms with Gasteiger partial charge in [-0.3, -0.25) is 10.1 Å². The molecule has 7 heteroatoms. The molecule has 3 rings (SSSR count). The van der Waals surface area contributed by atoms with E-state index in [4.69, 9.17) is 14.2 Å². The minimum atomic E-state index is -0.472. The van der Waals surface area contributed by atoms with Crippen molar-refractivity contribution in [1.82, 2.24) is 0 Å². The van der Waals surface area contributed by atoms with Gasteiger partial charge in [0.15, 0.2) is 5.75 Å². The van der Waals surface area contributed by atoms with Crippen molar-refractivity contribution in [2.45, 2.75) is 97.5 Å². The molecule has 0 saturated heterocycles. The molecule has 3 aromatic rings. The van der Waals surface area contributed by atoms with Crippen molar-refractivity contribution in [3.8, 4) is 28.4 Å². The van der Waals surface area contributed by atoms with Gasteiger partial charge in [0.25, 0.3) is 0 Å². The molecule has 0 spiro atoms. The molecule has 7 nitrogen and oxygen atoms in total. The summed E-state index contributed by atoms with van der Waals surface area (Å²) in [7, 11) is 0. The number of ether oxygens (including phenoxy) is 3. The van der Waals surface area contributed by atoms with Crippen LogP contribution in [0.2, 0.25) is 0 Å². The molecule has 0 saturated carbocycles. The number of rotatable bonds is 20. The van der Waals surface area contributed by atoms with E-state index in [1.807, 2.05) is 13.0 Å². The molecule has 0 aliphatic heterocycles. The van der Waals surface area contributed by atoms with Crippen LogP contribution in [0.15, 0.2) is 78.9 Å². The zero-order chi connectivity index (χ0) is 31.6. The second-order valence-electron chi connectivity index (χ2n) is 11.1. The summed E-state index contributed by atoms with van der Waals surface area (Å²) in [6.07, 6.45) is 16.5. The molecular weight excluding hydrogens is 554 g/mol. The highest BCUT2D eigenvalue weighted by molar-refractivity contribution is 5.91. The Morgan fingerprint density at radius 3 is 2.14 bits per heavy atom. The first-order valence-corrected chi connectivity index (χ1v) is 16.1. The standard InChI is InChI=1S/C37H47NO6/c1-4-6-8-10-11-12-13-15-27-42-33-22-19-31(20-23-33)37(39)44-34-24-17-30(18-25-34)32-21-26-36(35(28-32)38(40)41)43-29(3)16-14-9-7-5-2/h10-11,17-26,28-29H,4-9,12-16,27H2,1-3H3/b11-10+/t29-/m0/s1. The number of carbonyl (C=O) groups is 1. The number of unbranched alkanes of at least 4 members (excludes halogenated alkanes) is 7. The van der Waals surface area contributed by atoms with Crippen LogP contribution in [-0.2, 0) is 0 Å². The molecular formula is C37H47NO6. The second-order valence-corrected chi connectivity index (χ2v) is 11.1. The predicted molar refractivity (Wildman–Crippen MR) is 177 cm³/mol. The van der Waals surface area contributed by atoms with Gasteiger partial charge in [0, 0.05) is 6.07 Å². The van der Waals surface area contributed by atoms with Crippen LogP contribution in [0.3, 0.4) is 0 Å². The lowest BCUT2D eigenvalue weighted by molar-refractivity contribution is -0.386. The highest BCUT2D eigenvalue weighted by Crippen LogP contribution is 2.34. The normalized spacial score (nSPS) is 11.8. The SMILES string of the molecule is CCCC/C=C/CCCCOc1ccc(C(=O)Oc2ccc(-c3ccc(O[C@@H](C)CCCCCC)c([N+](=O)[O-])c3)cc2)cc1. The van der Waals surface area contributed by atoms with Crippen molar-refractivity contribution in [2.24, 2.45) is 0 Å². The molecule has 0 aliphatic carbocycles. The number of esters is 1. The molecule has 3 aromatic carbocycles. The van der Waals surface area contributed by atoms with Gasteiger partial charge in [-0.05, 0) is 99.0 Å². The topological polar surface area (TPSA) is 87.9 Å². The molecule has 0 fully saturated rings. The third-order valence-corrected chi connectivity index (χ3v) is 7.36. The van der Waals surface area contributed by atoms with Gasteiger partial charge in [0.1, 0.15) is 11.5 Å². The lowest BCUT2D eigenvalue weighted by Gasteiger charge is -2.15. The Morgan fingerprint density at radius 2 is 1.45 bits per heavy atom. The van der Waals surface area contributed by atoms with Crippen molar-refractivity contribution in [3.63, 3.8) is 0 Å².